The molecule has 2 nitrogen and oxygen atoms in total. The summed E-state index contributed by atoms with van der Waals surface area (Å²) in [5.74, 6) is 0.562. The summed E-state index contributed by atoms with van der Waals surface area (Å²) in [5.41, 5.74) is 6.59. The van der Waals surface area contributed by atoms with Crippen LogP contribution in [0.2, 0.25) is 5.02 Å². The Morgan fingerprint density at radius 1 is 1.40 bits per heavy atom. The van der Waals surface area contributed by atoms with E-state index in [0.29, 0.717) is 17.3 Å². The quantitative estimate of drug-likeness (QED) is 0.865. The first-order valence-corrected chi connectivity index (χ1v) is 6.75. The Balaban J connectivity index is 2.61. The molecule has 0 spiro atoms. The Hall–Kier alpha value is -0.380. The molecule has 0 heterocycles. The standard InChI is InChI=1S/C11H16ClNOS/c1-2-11(7-13)15(14)8-9-3-5-10(12)6-4-9/h3-6,11H,2,7-8,13H2,1H3. The first kappa shape index (κ1) is 12.7. The molecular weight excluding hydrogens is 230 g/mol. The minimum absolute atomic E-state index is 0.0979. The van der Waals surface area contributed by atoms with Crippen LogP contribution in [0.4, 0.5) is 0 Å². The van der Waals surface area contributed by atoms with E-state index in [0.717, 1.165) is 12.0 Å². The molecule has 0 aliphatic carbocycles. The molecule has 0 saturated heterocycles. The third-order valence-electron chi connectivity index (χ3n) is 2.31. The summed E-state index contributed by atoms with van der Waals surface area (Å²) in [6.45, 7) is 2.49. The van der Waals surface area contributed by atoms with Crippen molar-refractivity contribution in [3.8, 4) is 0 Å². The lowest BCUT2D eigenvalue weighted by molar-refractivity contribution is 0.663. The Morgan fingerprint density at radius 3 is 2.47 bits per heavy atom. The van der Waals surface area contributed by atoms with Crippen molar-refractivity contribution in [3.05, 3.63) is 34.9 Å². The second kappa shape index (κ2) is 6.26. The number of hydrogen-bond donors (Lipinski definition) is 1. The molecule has 2 unspecified atom stereocenters. The summed E-state index contributed by atoms with van der Waals surface area (Å²) < 4.78 is 11.9. The van der Waals surface area contributed by atoms with Crippen LogP contribution in [0.15, 0.2) is 24.3 Å². The van der Waals surface area contributed by atoms with Gasteiger partial charge in [0.2, 0.25) is 0 Å². The molecule has 2 atom stereocenters. The van der Waals surface area contributed by atoms with Crippen LogP contribution in [0.25, 0.3) is 0 Å². The molecule has 1 aromatic carbocycles. The van der Waals surface area contributed by atoms with Crippen molar-refractivity contribution < 1.29 is 4.21 Å². The molecule has 0 aliphatic heterocycles. The van der Waals surface area contributed by atoms with Crippen molar-refractivity contribution >= 4 is 22.4 Å². The van der Waals surface area contributed by atoms with E-state index in [2.05, 4.69) is 0 Å². The average Bonchev–Trinajstić information content (AvgIpc) is 2.23. The van der Waals surface area contributed by atoms with Gasteiger partial charge in [0, 0.05) is 33.4 Å². The van der Waals surface area contributed by atoms with Gasteiger partial charge in [0.1, 0.15) is 0 Å². The van der Waals surface area contributed by atoms with Gasteiger partial charge >= 0.3 is 0 Å². The first-order valence-electron chi connectivity index (χ1n) is 4.99. The summed E-state index contributed by atoms with van der Waals surface area (Å²) in [6.07, 6.45) is 0.858. The van der Waals surface area contributed by atoms with Gasteiger partial charge in [-0.3, -0.25) is 4.21 Å². The fourth-order valence-electron chi connectivity index (χ4n) is 1.32. The van der Waals surface area contributed by atoms with E-state index in [4.69, 9.17) is 17.3 Å². The molecule has 15 heavy (non-hydrogen) atoms. The molecule has 1 aromatic rings. The van der Waals surface area contributed by atoms with Gasteiger partial charge in [-0.05, 0) is 24.1 Å². The third-order valence-corrected chi connectivity index (χ3v) is 4.45. The SMILES string of the molecule is CCC(CN)S(=O)Cc1ccc(Cl)cc1. The van der Waals surface area contributed by atoms with Crippen molar-refractivity contribution in [1.82, 2.24) is 0 Å². The molecule has 0 amide bonds. The average molecular weight is 246 g/mol. The van der Waals surface area contributed by atoms with Gasteiger partial charge in [0.25, 0.3) is 0 Å². The lowest BCUT2D eigenvalue weighted by atomic mass is 10.2. The van der Waals surface area contributed by atoms with Crippen molar-refractivity contribution in [1.29, 1.82) is 0 Å². The number of nitrogens with two attached hydrogens (primary N) is 1. The largest absolute Gasteiger partial charge is 0.329 e. The maximum absolute atomic E-state index is 11.9. The number of rotatable bonds is 5. The highest BCUT2D eigenvalue weighted by atomic mass is 35.5. The van der Waals surface area contributed by atoms with Crippen molar-refractivity contribution in [3.63, 3.8) is 0 Å². The molecule has 0 aliphatic rings. The summed E-state index contributed by atoms with van der Waals surface area (Å²) in [6, 6.07) is 7.45. The van der Waals surface area contributed by atoms with Crippen LogP contribution in [-0.4, -0.2) is 16.0 Å². The van der Waals surface area contributed by atoms with E-state index < -0.39 is 10.8 Å². The Bertz CT molecular complexity index is 322. The van der Waals surface area contributed by atoms with Gasteiger partial charge in [-0.15, -0.1) is 0 Å². The minimum atomic E-state index is -0.884. The monoisotopic (exact) mass is 245 g/mol. The lowest BCUT2D eigenvalue weighted by Gasteiger charge is -2.11. The number of benzene rings is 1. The van der Waals surface area contributed by atoms with Crippen LogP contribution in [0, 0.1) is 0 Å². The fourth-order valence-corrected chi connectivity index (χ4v) is 2.79. The molecule has 84 valence electrons. The highest BCUT2D eigenvalue weighted by molar-refractivity contribution is 7.84. The van der Waals surface area contributed by atoms with E-state index in [1.165, 1.54) is 0 Å². The zero-order chi connectivity index (χ0) is 11.3. The fraction of sp³-hybridized carbons (Fsp3) is 0.455. The molecule has 0 fully saturated rings. The molecular formula is C11H16ClNOS. The van der Waals surface area contributed by atoms with Gasteiger partial charge in [0.15, 0.2) is 0 Å². The Morgan fingerprint density at radius 2 is 2.00 bits per heavy atom. The maximum Gasteiger partial charge on any atom is 0.0488 e. The van der Waals surface area contributed by atoms with Crippen LogP contribution in [-0.2, 0) is 16.6 Å². The lowest BCUT2D eigenvalue weighted by Crippen LogP contribution is -2.25. The van der Waals surface area contributed by atoms with Crippen LogP contribution >= 0.6 is 11.6 Å². The predicted molar refractivity (Wildman–Crippen MR) is 66.4 cm³/mol. The van der Waals surface area contributed by atoms with Crippen LogP contribution in [0.1, 0.15) is 18.9 Å². The molecule has 0 bridgehead atoms. The highest BCUT2D eigenvalue weighted by Crippen LogP contribution is 2.13. The normalized spacial score (nSPS) is 14.9. The minimum Gasteiger partial charge on any atom is -0.329 e. The molecule has 0 radical (unpaired) electrons. The summed E-state index contributed by atoms with van der Waals surface area (Å²) in [5, 5.41) is 0.802. The van der Waals surface area contributed by atoms with E-state index in [1.807, 2.05) is 31.2 Å². The first-order chi connectivity index (χ1) is 7.17. The second-order valence-corrected chi connectivity index (χ2v) is 5.57. The van der Waals surface area contributed by atoms with Crippen molar-refractivity contribution in [2.45, 2.75) is 24.3 Å². The van der Waals surface area contributed by atoms with E-state index in [1.54, 1.807) is 0 Å². The smallest absolute Gasteiger partial charge is 0.0488 e. The van der Waals surface area contributed by atoms with Gasteiger partial charge in [-0.2, -0.15) is 0 Å². The van der Waals surface area contributed by atoms with Crippen LogP contribution in [0.3, 0.4) is 0 Å². The summed E-state index contributed by atoms with van der Waals surface area (Å²) in [7, 11) is -0.884. The molecule has 0 aromatic heterocycles. The Kier molecular flexibility index (Phi) is 5.29. The topological polar surface area (TPSA) is 43.1 Å². The zero-order valence-corrected chi connectivity index (χ0v) is 10.4. The number of hydrogen-bond acceptors (Lipinski definition) is 2. The van der Waals surface area contributed by atoms with Crippen molar-refractivity contribution in [2.24, 2.45) is 5.73 Å². The van der Waals surface area contributed by atoms with Crippen LogP contribution in [0.5, 0.6) is 0 Å². The third kappa shape index (κ3) is 3.93. The number of halogens is 1. The summed E-state index contributed by atoms with van der Waals surface area (Å²) >= 11 is 5.77. The predicted octanol–water partition coefficient (Wildman–Crippen LogP) is 2.33. The van der Waals surface area contributed by atoms with Gasteiger partial charge < -0.3 is 5.73 Å². The zero-order valence-electron chi connectivity index (χ0n) is 8.78. The summed E-state index contributed by atoms with van der Waals surface area (Å²) in [4.78, 5) is 0. The van der Waals surface area contributed by atoms with Gasteiger partial charge in [0.05, 0.1) is 0 Å². The Labute approximate surface area is 98.3 Å². The van der Waals surface area contributed by atoms with Crippen LogP contribution < -0.4 is 5.73 Å². The van der Waals surface area contributed by atoms with Crippen molar-refractivity contribution in [2.75, 3.05) is 6.54 Å². The van der Waals surface area contributed by atoms with Gasteiger partial charge in [-0.1, -0.05) is 30.7 Å². The molecule has 4 heteroatoms. The van der Waals surface area contributed by atoms with E-state index >= 15 is 0 Å². The maximum atomic E-state index is 11.9. The molecule has 1 rings (SSSR count). The van der Waals surface area contributed by atoms with E-state index in [-0.39, 0.29) is 5.25 Å². The van der Waals surface area contributed by atoms with E-state index in [9.17, 15) is 4.21 Å². The second-order valence-electron chi connectivity index (χ2n) is 3.42. The highest BCUT2D eigenvalue weighted by Gasteiger charge is 2.12. The molecule has 0 saturated carbocycles. The van der Waals surface area contributed by atoms with Gasteiger partial charge in [-0.25, -0.2) is 0 Å². The molecule has 2 N–H and O–H groups in total.